The second kappa shape index (κ2) is 5.74. The SMILES string of the molecule is C#Cc1cc(C(=O)OC(C)(C)C)cc(OS(=O)(=O)F)c1C. The van der Waals surface area contributed by atoms with Crippen LogP contribution in [0.5, 0.6) is 5.75 Å². The molecule has 5 nitrogen and oxygen atoms in total. The van der Waals surface area contributed by atoms with Crippen LogP contribution in [0.4, 0.5) is 3.89 Å². The molecular weight excluding hydrogens is 299 g/mol. The molecule has 0 aliphatic rings. The zero-order valence-corrected chi connectivity index (χ0v) is 12.9. The largest absolute Gasteiger partial charge is 0.488 e. The van der Waals surface area contributed by atoms with Crippen LogP contribution in [0, 0.1) is 19.3 Å². The monoisotopic (exact) mass is 314 g/mol. The van der Waals surface area contributed by atoms with Gasteiger partial charge in [0.05, 0.1) is 5.56 Å². The first-order valence-corrected chi connectivity index (χ1v) is 7.22. The van der Waals surface area contributed by atoms with Gasteiger partial charge in [-0.1, -0.05) is 9.81 Å². The number of hydrogen-bond donors (Lipinski definition) is 0. The molecule has 1 rings (SSSR count). The van der Waals surface area contributed by atoms with Crippen LogP contribution < -0.4 is 4.18 Å². The predicted octanol–water partition coefficient (Wildman–Crippen LogP) is 2.52. The Labute approximate surface area is 123 Å². The lowest BCUT2D eigenvalue weighted by atomic mass is 10.0. The van der Waals surface area contributed by atoms with Crippen LogP contribution in [-0.4, -0.2) is 20.0 Å². The maximum atomic E-state index is 12.7. The highest BCUT2D eigenvalue weighted by molar-refractivity contribution is 7.81. The van der Waals surface area contributed by atoms with E-state index in [0.29, 0.717) is 0 Å². The Balaban J connectivity index is 3.33. The number of carbonyl (C=O) groups excluding carboxylic acids is 1. The Morgan fingerprint density at radius 1 is 1.33 bits per heavy atom. The van der Waals surface area contributed by atoms with Crippen molar-refractivity contribution >= 4 is 16.5 Å². The quantitative estimate of drug-likeness (QED) is 0.487. The van der Waals surface area contributed by atoms with Gasteiger partial charge in [-0.25, -0.2) is 4.79 Å². The van der Waals surface area contributed by atoms with Crippen LogP contribution in [0.15, 0.2) is 12.1 Å². The molecule has 0 saturated carbocycles. The van der Waals surface area contributed by atoms with Gasteiger partial charge in [0.2, 0.25) is 0 Å². The molecular formula is C14H15FO5S. The van der Waals surface area contributed by atoms with Gasteiger partial charge >= 0.3 is 16.5 Å². The van der Waals surface area contributed by atoms with Gasteiger partial charge in [0.1, 0.15) is 11.4 Å². The first kappa shape index (κ1) is 17.0. The number of hydrogen-bond acceptors (Lipinski definition) is 5. The molecule has 0 aromatic heterocycles. The average molecular weight is 314 g/mol. The smallest absolute Gasteiger partial charge is 0.456 e. The van der Waals surface area contributed by atoms with Crippen molar-refractivity contribution in [2.24, 2.45) is 0 Å². The van der Waals surface area contributed by atoms with Gasteiger partial charge in [-0.3, -0.25) is 0 Å². The fourth-order valence-electron chi connectivity index (χ4n) is 1.49. The first-order chi connectivity index (χ1) is 9.43. The highest BCUT2D eigenvalue weighted by atomic mass is 32.3. The van der Waals surface area contributed by atoms with E-state index in [4.69, 9.17) is 11.2 Å². The van der Waals surface area contributed by atoms with Gasteiger partial charge < -0.3 is 8.92 Å². The molecule has 0 spiro atoms. The minimum Gasteiger partial charge on any atom is -0.456 e. The summed E-state index contributed by atoms with van der Waals surface area (Å²) in [6.07, 6.45) is 5.28. The van der Waals surface area contributed by atoms with Gasteiger partial charge in [0, 0.05) is 11.1 Å². The molecule has 0 unspecified atom stereocenters. The maximum Gasteiger partial charge on any atom is 0.488 e. The van der Waals surface area contributed by atoms with Crippen LogP contribution in [0.25, 0.3) is 0 Å². The first-order valence-electron chi connectivity index (χ1n) is 5.91. The molecule has 0 aliphatic heterocycles. The average Bonchev–Trinajstić information content (AvgIpc) is 2.27. The summed E-state index contributed by atoms with van der Waals surface area (Å²) < 4.78 is 43.2. The Bertz CT molecular complexity index is 708. The molecule has 0 radical (unpaired) electrons. The van der Waals surface area contributed by atoms with E-state index in [1.165, 1.54) is 13.0 Å². The number of ether oxygens (including phenoxy) is 1. The van der Waals surface area contributed by atoms with E-state index in [0.717, 1.165) is 6.07 Å². The lowest BCUT2D eigenvalue weighted by Gasteiger charge is -2.20. The van der Waals surface area contributed by atoms with E-state index < -0.39 is 22.1 Å². The number of rotatable bonds is 3. The molecule has 7 heteroatoms. The summed E-state index contributed by atoms with van der Waals surface area (Å²) in [5.74, 6) is 1.20. The normalized spacial score (nSPS) is 11.6. The van der Waals surface area contributed by atoms with E-state index in [2.05, 4.69) is 10.1 Å². The van der Waals surface area contributed by atoms with E-state index in [1.54, 1.807) is 20.8 Å². The van der Waals surface area contributed by atoms with Crippen LogP contribution in [0.1, 0.15) is 42.3 Å². The molecule has 0 amide bonds. The van der Waals surface area contributed by atoms with Crippen LogP contribution in [0.3, 0.4) is 0 Å². The van der Waals surface area contributed by atoms with Crippen LogP contribution >= 0.6 is 0 Å². The maximum absolute atomic E-state index is 12.7. The number of esters is 1. The predicted molar refractivity (Wildman–Crippen MR) is 74.9 cm³/mol. The lowest BCUT2D eigenvalue weighted by Crippen LogP contribution is -2.24. The molecule has 0 fully saturated rings. The molecule has 0 aliphatic carbocycles. The van der Waals surface area contributed by atoms with Crippen molar-refractivity contribution < 1.29 is 26.0 Å². The fourth-order valence-corrected chi connectivity index (χ4v) is 1.87. The summed E-state index contributed by atoms with van der Waals surface area (Å²) in [6, 6.07) is 2.42. The summed E-state index contributed by atoms with van der Waals surface area (Å²) >= 11 is 0. The highest BCUT2D eigenvalue weighted by Gasteiger charge is 2.22. The van der Waals surface area contributed by atoms with Crippen molar-refractivity contribution in [3.05, 3.63) is 28.8 Å². The van der Waals surface area contributed by atoms with E-state index >= 15 is 0 Å². The zero-order valence-electron chi connectivity index (χ0n) is 12.1. The van der Waals surface area contributed by atoms with E-state index in [9.17, 15) is 17.1 Å². The molecule has 0 bridgehead atoms. The third-order valence-electron chi connectivity index (χ3n) is 2.34. The summed E-state index contributed by atoms with van der Waals surface area (Å²) in [4.78, 5) is 12.0. The fraction of sp³-hybridized carbons (Fsp3) is 0.357. The van der Waals surface area contributed by atoms with Crippen molar-refractivity contribution in [2.45, 2.75) is 33.3 Å². The molecule has 1 aromatic carbocycles. The summed E-state index contributed by atoms with van der Waals surface area (Å²) in [5, 5.41) is 0. The van der Waals surface area contributed by atoms with Gasteiger partial charge in [0.15, 0.2) is 0 Å². The second-order valence-electron chi connectivity index (χ2n) is 5.27. The minimum atomic E-state index is -5.22. The summed E-state index contributed by atoms with van der Waals surface area (Å²) in [5.41, 5.74) is -0.337. The Hall–Kier alpha value is -2.07. The van der Waals surface area contributed by atoms with Gasteiger partial charge in [-0.2, -0.15) is 8.42 Å². The van der Waals surface area contributed by atoms with Crippen LogP contribution in [-0.2, 0) is 15.2 Å². The van der Waals surface area contributed by atoms with Crippen molar-refractivity contribution in [3.8, 4) is 18.1 Å². The number of benzene rings is 1. The number of terminal acetylenes is 1. The standard InChI is InChI=1S/C14H15FO5S/c1-6-10-7-11(13(16)19-14(3,4)5)8-12(9(10)2)20-21(15,17)18/h1,7-8H,2-5H3. The Morgan fingerprint density at radius 2 is 1.90 bits per heavy atom. The van der Waals surface area contributed by atoms with Gasteiger partial charge in [0.25, 0.3) is 0 Å². The second-order valence-corrected chi connectivity index (χ2v) is 6.22. The minimum absolute atomic E-state index is 0.0258. The number of carbonyl (C=O) groups is 1. The Kier molecular flexibility index (Phi) is 4.64. The molecule has 0 atom stereocenters. The highest BCUT2D eigenvalue weighted by Crippen LogP contribution is 2.26. The molecule has 0 heterocycles. The molecule has 21 heavy (non-hydrogen) atoms. The van der Waals surface area contributed by atoms with Crippen molar-refractivity contribution in [1.82, 2.24) is 0 Å². The van der Waals surface area contributed by atoms with Gasteiger partial charge in [-0.15, -0.1) is 6.42 Å². The summed E-state index contributed by atoms with van der Waals surface area (Å²) in [6.45, 7) is 6.47. The van der Waals surface area contributed by atoms with Gasteiger partial charge in [-0.05, 0) is 39.8 Å². The zero-order chi connectivity index (χ0) is 16.4. The third kappa shape index (κ3) is 5.08. The van der Waals surface area contributed by atoms with Crippen molar-refractivity contribution in [2.75, 3.05) is 0 Å². The Morgan fingerprint density at radius 3 is 2.33 bits per heavy atom. The molecule has 114 valence electrons. The topological polar surface area (TPSA) is 69.7 Å². The van der Waals surface area contributed by atoms with E-state index in [-0.39, 0.29) is 22.4 Å². The van der Waals surface area contributed by atoms with Crippen LogP contribution in [0.2, 0.25) is 0 Å². The van der Waals surface area contributed by atoms with Crippen molar-refractivity contribution in [1.29, 1.82) is 0 Å². The molecule has 0 saturated heterocycles. The van der Waals surface area contributed by atoms with Crippen molar-refractivity contribution in [3.63, 3.8) is 0 Å². The third-order valence-corrected chi connectivity index (χ3v) is 2.72. The summed E-state index contributed by atoms with van der Waals surface area (Å²) in [7, 11) is -5.22. The number of halogens is 1. The van der Waals surface area contributed by atoms with E-state index in [1.807, 2.05) is 0 Å². The molecule has 0 N–H and O–H groups in total. The molecule has 1 aromatic rings. The lowest BCUT2D eigenvalue weighted by molar-refractivity contribution is 0.00691.